The molecule has 0 aliphatic rings. The topological polar surface area (TPSA) is 76.7 Å². The molecule has 3 rings (SSSR count). The number of halogens is 1. The molecule has 1 atom stereocenters. The van der Waals surface area contributed by atoms with Crippen molar-refractivity contribution in [1.82, 2.24) is 10.9 Å². The van der Waals surface area contributed by atoms with E-state index in [-0.39, 0.29) is 12.0 Å². The Kier molecular flexibility index (Phi) is 8.93. The highest BCUT2D eigenvalue weighted by Gasteiger charge is 2.20. The summed E-state index contributed by atoms with van der Waals surface area (Å²) >= 11 is 3.49. The van der Waals surface area contributed by atoms with Crippen LogP contribution in [0.2, 0.25) is 0 Å². The maximum atomic E-state index is 12.5. The van der Waals surface area contributed by atoms with Crippen molar-refractivity contribution < 1.29 is 19.1 Å². The molecule has 0 saturated carbocycles. The average Bonchev–Trinajstić information content (AvgIpc) is 2.85. The van der Waals surface area contributed by atoms with Crippen LogP contribution in [0, 0.1) is 0 Å². The highest BCUT2D eigenvalue weighted by molar-refractivity contribution is 9.10. The molecule has 0 aromatic heterocycles. The fourth-order valence-electron chi connectivity index (χ4n) is 3.32. The first-order valence-corrected chi connectivity index (χ1v) is 12.3. The van der Waals surface area contributed by atoms with Gasteiger partial charge in [0.25, 0.3) is 11.8 Å². The molecule has 7 heteroatoms. The third-order valence-corrected chi connectivity index (χ3v) is 6.00. The number of hydrogen-bond acceptors (Lipinski definition) is 4. The first-order chi connectivity index (χ1) is 16.7. The first kappa shape index (κ1) is 26.3. The SMILES string of the molecule is CCC(Oc1ccc(-c2ccccc2)cc1)C(=O)NNC(=O)COc1ccc(C(C)(C)C)cc1Br. The van der Waals surface area contributed by atoms with Gasteiger partial charge < -0.3 is 9.47 Å². The summed E-state index contributed by atoms with van der Waals surface area (Å²) in [4.78, 5) is 24.7. The Morgan fingerprint density at radius 3 is 2.17 bits per heavy atom. The van der Waals surface area contributed by atoms with Crippen LogP contribution in [-0.2, 0) is 15.0 Å². The van der Waals surface area contributed by atoms with Crippen LogP contribution < -0.4 is 20.3 Å². The minimum Gasteiger partial charge on any atom is -0.483 e. The molecule has 0 heterocycles. The van der Waals surface area contributed by atoms with Crippen molar-refractivity contribution in [2.75, 3.05) is 6.61 Å². The van der Waals surface area contributed by atoms with E-state index in [2.05, 4.69) is 47.6 Å². The zero-order valence-corrected chi connectivity index (χ0v) is 22.0. The van der Waals surface area contributed by atoms with Gasteiger partial charge in [0.15, 0.2) is 12.7 Å². The Morgan fingerprint density at radius 1 is 0.914 bits per heavy atom. The molecule has 0 saturated heterocycles. The van der Waals surface area contributed by atoms with E-state index in [0.717, 1.165) is 21.2 Å². The van der Waals surface area contributed by atoms with Crippen LogP contribution in [0.15, 0.2) is 77.3 Å². The van der Waals surface area contributed by atoms with E-state index in [1.165, 1.54) is 0 Å². The van der Waals surface area contributed by atoms with Crippen LogP contribution in [0.3, 0.4) is 0 Å². The number of amides is 2. The van der Waals surface area contributed by atoms with Crippen molar-refractivity contribution in [3.63, 3.8) is 0 Å². The highest BCUT2D eigenvalue weighted by atomic mass is 79.9. The molecule has 0 radical (unpaired) electrons. The first-order valence-electron chi connectivity index (χ1n) is 11.5. The lowest BCUT2D eigenvalue weighted by Gasteiger charge is -2.20. The van der Waals surface area contributed by atoms with E-state index in [1.54, 1.807) is 0 Å². The van der Waals surface area contributed by atoms with Crippen molar-refractivity contribution in [3.05, 3.63) is 82.8 Å². The normalized spacial score (nSPS) is 11.9. The smallest absolute Gasteiger partial charge is 0.279 e. The summed E-state index contributed by atoms with van der Waals surface area (Å²) in [6.07, 6.45) is -0.316. The average molecular weight is 539 g/mol. The molecule has 3 aromatic carbocycles. The Labute approximate surface area is 215 Å². The van der Waals surface area contributed by atoms with Gasteiger partial charge in [-0.15, -0.1) is 0 Å². The zero-order chi connectivity index (χ0) is 25.4. The van der Waals surface area contributed by atoms with Gasteiger partial charge in [0.2, 0.25) is 0 Å². The predicted octanol–water partition coefficient (Wildman–Crippen LogP) is 5.80. The third-order valence-electron chi connectivity index (χ3n) is 5.38. The summed E-state index contributed by atoms with van der Waals surface area (Å²) in [6.45, 7) is 7.97. The summed E-state index contributed by atoms with van der Waals surface area (Å²) in [5.74, 6) is 0.203. The van der Waals surface area contributed by atoms with Crippen molar-refractivity contribution in [2.45, 2.75) is 45.6 Å². The fraction of sp³-hybridized carbons (Fsp3) is 0.286. The maximum Gasteiger partial charge on any atom is 0.279 e. The Balaban J connectivity index is 1.48. The summed E-state index contributed by atoms with van der Waals surface area (Å²) in [5, 5.41) is 0. The number of hydrazine groups is 1. The number of nitrogens with one attached hydrogen (secondary N) is 2. The number of rotatable bonds is 8. The zero-order valence-electron chi connectivity index (χ0n) is 20.4. The van der Waals surface area contributed by atoms with Gasteiger partial charge in [-0.05, 0) is 68.7 Å². The molecule has 2 N–H and O–H groups in total. The van der Waals surface area contributed by atoms with Crippen LogP contribution in [0.5, 0.6) is 11.5 Å². The Bertz CT molecular complexity index is 1140. The monoisotopic (exact) mass is 538 g/mol. The van der Waals surface area contributed by atoms with E-state index in [4.69, 9.17) is 9.47 Å². The van der Waals surface area contributed by atoms with E-state index in [9.17, 15) is 9.59 Å². The van der Waals surface area contributed by atoms with Crippen LogP contribution in [0.25, 0.3) is 11.1 Å². The van der Waals surface area contributed by atoms with Crippen LogP contribution in [0.1, 0.15) is 39.7 Å². The van der Waals surface area contributed by atoms with Crippen molar-refractivity contribution in [3.8, 4) is 22.6 Å². The van der Waals surface area contributed by atoms with Crippen LogP contribution in [-0.4, -0.2) is 24.5 Å². The van der Waals surface area contributed by atoms with Gasteiger partial charge in [-0.3, -0.25) is 20.4 Å². The Morgan fingerprint density at radius 2 is 1.57 bits per heavy atom. The molecule has 2 amide bonds. The van der Waals surface area contributed by atoms with Crippen LogP contribution in [0.4, 0.5) is 0 Å². The van der Waals surface area contributed by atoms with Crippen LogP contribution >= 0.6 is 15.9 Å². The molecule has 35 heavy (non-hydrogen) atoms. The van der Waals surface area contributed by atoms with Crippen molar-refractivity contribution in [2.24, 2.45) is 0 Å². The van der Waals surface area contributed by atoms with Gasteiger partial charge in [-0.1, -0.05) is 76.2 Å². The number of benzene rings is 3. The quantitative estimate of drug-likeness (QED) is 0.355. The number of ether oxygens (including phenoxy) is 2. The molecule has 0 aliphatic carbocycles. The van der Waals surface area contributed by atoms with Crippen molar-refractivity contribution >= 4 is 27.7 Å². The molecular weight excluding hydrogens is 508 g/mol. The minimum absolute atomic E-state index is 0.00449. The van der Waals surface area contributed by atoms with Gasteiger partial charge in [0, 0.05) is 0 Å². The molecule has 3 aromatic rings. The molecular formula is C28H31BrN2O4. The number of carbonyl (C=O) groups excluding carboxylic acids is 2. The standard InChI is InChI=1S/C28H31BrN2O4/c1-5-24(35-22-14-11-20(12-15-22)19-9-7-6-8-10-19)27(33)31-30-26(32)18-34-25-16-13-21(17-23(25)29)28(2,3)4/h6-17,24H,5,18H2,1-4H3,(H,30,32)(H,31,33). The van der Waals surface area contributed by atoms with Gasteiger partial charge in [-0.2, -0.15) is 0 Å². The lowest BCUT2D eigenvalue weighted by atomic mass is 9.87. The number of hydrogen-bond donors (Lipinski definition) is 2. The molecule has 184 valence electrons. The second-order valence-corrected chi connectivity index (χ2v) is 9.98. The largest absolute Gasteiger partial charge is 0.483 e. The predicted molar refractivity (Wildman–Crippen MR) is 141 cm³/mol. The molecule has 1 unspecified atom stereocenters. The van der Waals surface area contributed by atoms with E-state index < -0.39 is 17.9 Å². The second-order valence-electron chi connectivity index (χ2n) is 9.13. The fourth-order valence-corrected chi connectivity index (χ4v) is 3.81. The molecule has 0 spiro atoms. The van der Waals surface area contributed by atoms with Gasteiger partial charge in [0.1, 0.15) is 11.5 Å². The Hall–Kier alpha value is -3.32. The van der Waals surface area contributed by atoms with E-state index in [1.807, 2.05) is 79.7 Å². The number of carbonyl (C=O) groups is 2. The summed E-state index contributed by atoms with van der Waals surface area (Å²) < 4.78 is 12.2. The van der Waals surface area contributed by atoms with Crippen molar-refractivity contribution in [1.29, 1.82) is 0 Å². The molecule has 6 nitrogen and oxygen atoms in total. The summed E-state index contributed by atoms with van der Waals surface area (Å²) in [6, 6.07) is 23.3. The van der Waals surface area contributed by atoms with E-state index in [0.29, 0.717) is 17.9 Å². The van der Waals surface area contributed by atoms with Gasteiger partial charge in [0.05, 0.1) is 4.47 Å². The van der Waals surface area contributed by atoms with Gasteiger partial charge >= 0.3 is 0 Å². The minimum atomic E-state index is -0.752. The van der Waals surface area contributed by atoms with E-state index >= 15 is 0 Å². The van der Waals surface area contributed by atoms with Gasteiger partial charge in [-0.25, -0.2) is 0 Å². The second kappa shape index (κ2) is 11.9. The highest BCUT2D eigenvalue weighted by Crippen LogP contribution is 2.31. The summed E-state index contributed by atoms with van der Waals surface area (Å²) in [5.41, 5.74) is 8.11. The third kappa shape index (κ3) is 7.59. The summed E-state index contributed by atoms with van der Waals surface area (Å²) in [7, 11) is 0. The molecule has 0 fully saturated rings. The molecule has 0 aliphatic heterocycles. The lowest BCUT2D eigenvalue weighted by molar-refractivity contribution is -0.134. The molecule has 0 bridgehead atoms. The maximum absolute atomic E-state index is 12.5. The lowest BCUT2D eigenvalue weighted by Crippen LogP contribution is -2.49.